The molecule has 108 valence electrons. The highest BCUT2D eigenvalue weighted by atomic mass is 33.1. The van der Waals surface area contributed by atoms with Gasteiger partial charge in [0.1, 0.15) is 5.75 Å². The molecule has 0 saturated carbocycles. The van der Waals surface area contributed by atoms with E-state index in [4.69, 9.17) is 0 Å². The first-order valence-corrected chi connectivity index (χ1v) is 9.50. The summed E-state index contributed by atoms with van der Waals surface area (Å²) < 4.78 is 2.24. The van der Waals surface area contributed by atoms with Crippen molar-refractivity contribution in [3.8, 4) is 0 Å². The maximum Gasteiger partial charge on any atom is 0.186 e. The van der Waals surface area contributed by atoms with Crippen molar-refractivity contribution >= 4 is 27.8 Å². The molecule has 1 aromatic rings. The van der Waals surface area contributed by atoms with Crippen LogP contribution in [0.1, 0.15) is 12.5 Å². The molecule has 0 radical (unpaired) electrons. The van der Waals surface area contributed by atoms with E-state index in [1.807, 2.05) is 36.1 Å². The van der Waals surface area contributed by atoms with E-state index in [0.717, 1.165) is 18.8 Å². The molecule has 0 unspecified atom stereocenters. The lowest BCUT2D eigenvalue weighted by molar-refractivity contribution is -0.692. The van der Waals surface area contributed by atoms with Gasteiger partial charge in [0.25, 0.3) is 0 Å². The van der Waals surface area contributed by atoms with Gasteiger partial charge in [0, 0.05) is 29.0 Å². The monoisotopic (exact) mass is 309 g/mol. The molecule has 1 N–H and O–H groups in total. The van der Waals surface area contributed by atoms with Gasteiger partial charge in [0.2, 0.25) is 0 Å². The Morgan fingerprint density at radius 3 is 2.90 bits per heavy atom. The zero-order chi connectivity index (χ0) is 14.6. The van der Waals surface area contributed by atoms with Crippen LogP contribution in [0.4, 0.5) is 0 Å². The quantitative estimate of drug-likeness (QED) is 0.137. The van der Waals surface area contributed by atoms with E-state index in [0.29, 0.717) is 0 Å². The van der Waals surface area contributed by atoms with Gasteiger partial charge in [-0.2, -0.15) is 0 Å². The Hall–Kier alpha value is -1.00. The second-order valence-electron chi connectivity index (χ2n) is 4.53. The molecule has 0 aromatic carbocycles. The number of nitrogens with one attached hydrogen (secondary N) is 1. The summed E-state index contributed by atoms with van der Waals surface area (Å²) in [5.41, 5.74) is 2.50. The van der Waals surface area contributed by atoms with Gasteiger partial charge < -0.3 is 0 Å². The van der Waals surface area contributed by atoms with Crippen LogP contribution >= 0.6 is 10.8 Å². The maximum atomic E-state index is 3.72. The number of aromatic nitrogens is 1. The van der Waals surface area contributed by atoms with Crippen LogP contribution in [0.5, 0.6) is 0 Å². The first-order valence-electron chi connectivity index (χ1n) is 6.83. The minimum Gasteiger partial charge on any atom is -0.243 e. The number of rotatable bonds is 9. The van der Waals surface area contributed by atoms with Crippen LogP contribution in [0.15, 0.2) is 48.8 Å². The van der Waals surface area contributed by atoms with Crippen molar-refractivity contribution in [1.82, 2.24) is 0 Å². The van der Waals surface area contributed by atoms with E-state index in [-0.39, 0.29) is 0 Å². The van der Waals surface area contributed by atoms with Crippen LogP contribution in [-0.2, 0) is 17.3 Å². The Balaban J connectivity index is 2.02. The maximum absolute atomic E-state index is 3.72. The Labute approximate surface area is 130 Å². The second kappa shape index (κ2) is 10.7. The molecule has 2 nitrogen and oxygen atoms in total. The number of aryl methyl sites for hydroxylation is 2. The van der Waals surface area contributed by atoms with Crippen molar-refractivity contribution in [3.05, 3.63) is 54.4 Å². The van der Waals surface area contributed by atoms with Crippen LogP contribution in [0.3, 0.4) is 0 Å². The van der Waals surface area contributed by atoms with Crippen LogP contribution in [-0.4, -0.2) is 24.3 Å². The van der Waals surface area contributed by atoms with E-state index in [9.17, 15) is 0 Å². The summed E-state index contributed by atoms with van der Waals surface area (Å²) in [6, 6.07) is 4.31. The summed E-state index contributed by atoms with van der Waals surface area (Å²) in [5.74, 6) is 2.33. The molecule has 20 heavy (non-hydrogen) atoms. The summed E-state index contributed by atoms with van der Waals surface area (Å²) >= 11 is 0. The van der Waals surface area contributed by atoms with Crippen molar-refractivity contribution in [2.75, 3.05) is 18.1 Å². The van der Waals surface area contributed by atoms with Crippen molar-refractivity contribution in [2.24, 2.45) is 0 Å². The molecule has 0 amide bonds. The number of allylic oxidation sites excluding steroid dienone is 3. The highest BCUT2D eigenvalue weighted by Crippen LogP contribution is 2.01. The predicted molar refractivity (Wildman–Crippen MR) is 93.3 cm³/mol. The molecule has 0 saturated heterocycles. The fourth-order valence-electron chi connectivity index (χ4n) is 1.41. The molecule has 0 aliphatic carbocycles. The molecular formula is C16H25N2S2+3. The van der Waals surface area contributed by atoms with Gasteiger partial charge in [-0.3, -0.25) is 0 Å². The molecule has 0 aliphatic rings. The summed E-state index contributed by atoms with van der Waals surface area (Å²) in [6.07, 6.45) is 10.2. The van der Waals surface area contributed by atoms with Gasteiger partial charge in [0.05, 0.1) is 10.8 Å². The van der Waals surface area contributed by atoms with Gasteiger partial charge in [-0.1, -0.05) is 12.7 Å². The largest absolute Gasteiger partial charge is 0.243 e. The number of hydrogen-bond donors (Lipinski definition) is 1. The third-order valence-corrected chi connectivity index (χ3v) is 5.32. The number of hydrogen-bond acceptors (Lipinski definition) is 1. The Kier molecular flexibility index (Phi) is 9.16. The lowest BCUT2D eigenvalue weighted by Crippen LogP contribution is -2.69. The molecule has 0 atom stereocenters. The minimum atomic E-state index is 1.02. The van der Waals surface area contributed by atoms with Crippen LogP contribution in [0.25, 0.3) is 0 Å². The molecule has 4 heteroatoms. The van der Waals surface area contributed by atoms with E-state index >= 15 is 0 Å². The molecule has 0 fully saturated rings. The first kappa shape index (κ1) is 17.1. The summed E-state index contributed by atoms with van der Waals surface area (Å²) in [5, 5.41) is 0. The molecule has 1 heterocycles. The van der Waals surface area contributed by atoms with Crippen molar-refractivity contribution in [2.45, 2.75) is 20.4 Å². The summed E-state index contributed by atoms with van der Waals surface area (Å²) in [6.45, 7) is 9.98. The Morgan fingerprint density at radius 1 is 1.45 bits per heavy atom. The lowest BCUT2D eigenvalue weighted by atomic mass is 10.3. The van der Waals surface area contributed by atoms with Crippen molar-refractivity contribution in [3.63, 3.8) is 0 Å². The van der Waals surface area contributed by atoms with Crippen molar-refractivity contribution in [1.29, 1.82) is 0 Å². The van der Waals surface area contributed by atoms with E-state index in [1.165, 1.54) is 27.7 Å². The smallest absolute Gasteiger partial charge is 0.186 e. The average Bonchev–Trinajstić information content (AvgIpc) is 2.47. The molecule has 0 bridgehead atoms. The summed E-state index contributed by atoms with van der Waals surface area (Å²) in [7, 11) is 3.43. The topological polar surface area (TPSA) is 17.9 Å². The molecular weight excluding hydrogens is 284 g/mol. The SMILES string of the molecule is C=C/C(C)=C\C=[NH+]CC[SH+]SCC[n+]1ccc(C)cc1. The number of thiol groups is 1. The van der Waals surface area contributed by atoms with Gasteiger partial charge >= 0.3 is 0 Å². The highest BCUT2D eigenvalue weighted by Gasteiger charge is 2.05. The third-order valence-electron chi connectivity index (χ3n) is 2.72. The fraction of sp³-hybridized carbons (Fsp3) is 0.375. The van der Waals surface area contributed by atoms with Crippen molar-refractivity contribution < 1.29 is 9.56 Å². The standard InChI is InChI=1S/C16H23N2S2/c1-4-15(2)5-8-17-9-13-19-20-14-12-18-10-6-16(3)7-11-18/h4-8,10-11H,1,9,12-14H2,2-3H3/q+1/p+2/b15-5-,17-8?. The fourth-order valence-corrected chi connectivity index (χ4v) is 3.47. The minimum absolute atomic E-state index is 1.02. The zero-order valence-electron chi connectivity index (χ0n) is 12.4. The van der Waals surface area contributed by atoms with Crippen LogP contribution in [0.2, 0.25) is 0 Å². The molecule has 1 aromatic heterocycles. The predicted octanol–water partition coefficient (Wildman–Crippen LogP) is 1.03. The van der Waals surface area contributed by atoms with E-state index in [1.54, 1.807) is 0 Å². The zero-order valence-corrected chi connectivity index (χ0v) is 14.1. The normalized spacial score (nSPS) is 12.0. The van der Waals surface area contributed by atoms with Gasteiger partial charge in [0.15, 0.2) is 37.5 Å². The molecule has 0 aliphatic heterocycles. The molecule has 1 rings (SSSR count). The average molecular weight is 310 g/mol. The Bertz CT molecular complexity index is 450. The Morgan fingerprint density at radius 2 is 2.20 bits per heavy atom. The van der Waals surface area contributed by atoms with Gasteiger partial charge in [-0.05, 0) is 25.0 Å². The molecule has 0 spiro atoms. The van der Waals surface area contributed by atoms with Gasteiger partial charge in [-0.25, -0.2) is 9.56 Å². The second-order valence-corrected chi connectivity index (χ2v) is 7.46. The lowest BCUT2D eigenvalue weighted by Gasteiger charge is -1.93. The van der Waals surface area contributed by atoms with Gasteiger partial charge in [-0.15, -0.1) is 0 Å². The highest BCUT2D eigenvalue weighted by molar-refractivity contribution is 8.66. The van der Waals surface area contributed by atoms with E-state index < -0.39 is 0 Å². The summed E-state index contributed by atoms with van der Waals surface area (Å²) in [4.78, 5) is 3.29. The first-order chi connectivity index (χ1) is 9.72. The van der Waals surface area contributed by atoms with Crippen LogP contribution < -0.4 is 9.56 Å². The number of pyridine rings is 1. The van der Waals surface area contributed by atoms with Crippen LogP contribution in [0, 0.1) is 6.92 Å². The third kappa shape index (κ3) is 8.23. The van der Waals surface area contributed by atoms with E-state index in [2.05, 4.69) is 47.6 Å². The number of nitrogens with zero attached hydrogens (tertiary/aromatic N) is 1.